The highest BCUT2D eigenvalue weighted by molar-refractivity contribution is 6.19. The first kappa shape index (κ1) is 31.2. The van der Waals surface area contributed by atoms with Gasteiger partial charge in [0, 0.05) is 24.5 Å². The van der Waals surface area contributed by atoms with Crippen LogP contribution in [0.4, 0.5) is 19.3 Å². The molecule has 12 heteroatoms. The zero-order chi connectivity index (χ0) is 31.5. The number of halogens is 2. The van der Waals surface area contributed by atoms with E-state index in [1.54, 1.807) is 57.9 Å². The first-order valence-corrected chi connectivity index (χ1v) is 13.5. The molecule has 0 saturated carbocycles. The molecule has 1 unspecified atom stereocenters. The minimum Gasteiger partial charge on any atom is -0.487 e. The summed E-state index contributed by atoms with van der Waals surface area (Å²) in [5.41, 5.74) is 0.992. The molecule has 0 radical (unpaired) electrons. The Kier molecular flexibility index (Phi) is 9.16. The van der Waals surface area contributed by atoms with Gasteiger partial charge in [-0.3, -0.25) is 0 Å². The van der Waals surface area contributed by atoms with Crippen LogP contribution in [0.5, 0.6) is 11.5 Å². The standard InChI is InChI=1S/C31H33F2N5O5/c1-7-11-37(6)23-15-20(33)14-22-26-27(19-8-9-24(42-17-21(39)16-32)25(13-19)41-12-10-34)35-18(2)36-29(26)38(28(22)23)30(40)43-31(3,4)5/h7-9,13-15,21,39H,1,11-12,16-17H2,2-6H3. The molecule has 10 nitrogen and oxygen atoms in total. The molecule has 2 heterocycles. The fourth-order valence-corrected chi connectivity index (χ4v) is 4.59. The van der Waals surface area contributed by atoms with E-state index in [0.29, 0.717) is 45.6 Å². The van der Waals surface area contributed by atoms with Gasteiger partial charge in [0.2, 0.25) is 0 Å². The number of ether oxygens (including phenoxy) is 3. The lowest BCUT2D eigenvalue weighted by atomic mass is 10.0. The van der Waals surface area contributed by atoms with Gasteiger partial charge in [-0.1, -0.05) is 6.08 Å². The number of likely N-dealkylation sites (N-methyl/N-ethyl adjacent to an activating group) is 1. The maximum absolute atomic E-state index is 15.2. The summed E-state index contributed by atoms with van der Waals surface area (Å²) in [6, 6.07) is 9.29. The van der Waals surface area contributed by atoms with E-state index in [1.807, 2.05) is 6.07 Å². The summed E-state index contributed by atoms with van der Waals surface area (Å²) in [5, 5.41) is 19.5. The number of carbonyl (C=O) groups excluding carboxylic acids is 1. The molecule has 43 heavy (non-hydrogen) atoms. The molecule has 2 aromatic carbocycles. The number of aliphatic hydroxyl groups excluding tert-OH is 1. The van der Waals surface area contributed by atoms with E-state index in [4.69, 9.17) is 19.5 Å². The fourth-order valence-electron chi connectivity index (χ4n) is 4.59. The minimum atomic E-state index is -1.34. The summed E-state index contributed by atoms with van der Waals surface area (Å²) in [5.74, 6) is 0.0935. The molecule has 4 rings (SSSR count). The average molecular weight is 594 g/mol. The van der Waals surface area contributed by atoms with Gasteiger partial charge in [0.25, 0.3) is 0 Å². The second kappa shape index (κ2) is 12.6. The largest absolute Gasteiger partial charge is 0.487 e. The van der Waals surface area contributed by atoms with E-state index in [0.717, 1.165) is 0 Å². The van der Waals surface area contributed by atoms with Crippen molar-refractivity contribution in [2.75, 3.05) is 38.4 Å². The SMILES string of the molecule is C=CCN(C)c1cc(F)cc2c3c(-c4ccc(OCC(O)CF)c(OCC#N)c4)nc(C)nc3n(C(=O)OC(C)(C)C)c12. The Morgan fingerprint density at radius 1 is 1.23 bits per heavy atom. The second-order valence-corrected chi connectivity index (χ2v) is 10.9. The number of nitriles is 1. The van der Waals surface area contributed by atoms with Crippen LogP contribution in [0.25, 0.3) is 33.2 Å². The van der Waals surface area contributed by atoms with Gasteiger partial charge in [0.05, 0.1) is 22.3 Å². The third-order valence-corrected chi connectivity index (χ3v) is 6.27. The number of anilines is 1. The molecule has 0 fully saturated rings. The Bertz CT molecular complexity index is 1720. The Morgan fingerprint density at radius 3 is 2.63 bits per heavy atom. The maximum atomic E-state index is 15.2. The second-order valence-electron chi connectivity index (χ2n) is 10.9. The molecule has 226 valence electrons. The van der Waals surface area contributed by atoms with E-state index in [9.17, 15) is 14.3 Å². The van der Waals surface area contributed by atoms with Crippen LogP contribution in [-0.2, 0) is 4.74 Å². The number of alkyl halides is 1. The van der Waals surface area contributed by atoms with Crippen molar-refractivity contribution in [1.29, 1.82) is 5.26 Å². The van der Waals surface area contributed by atoms with E-state index < -0.39 is 30.3 Å². The predicted molar refractivity (Wildman–Crippen MR) is 159 cm³/mol. The van der Waals surface area contributed by atoms with E-state index in [1.165, 1.54) is 22.8 Å². The van der Waals surface area contributed by atoms with Gasteiger partial charge < -0.3 is 24.2 Å². The van der Waals surface area contributed by atoms with Crippen LogP contribution in [-0.4, -0.2) is 70.9 Å². The van der Waals surface area contributed by atoms with Crippen molar-refractivity contribution in [2.24, 2.45) is 0 Å². The van der Waals surface area contributed by atoms with Gasteiger partial charge in [-0.15, -0.1) is 6.58 Å². The highest BCUT2D eigenvalue weighted by Gasteiger charge is 2.29. The predicted octanol–water partition coefficient (Wildman–Crippen LogP) is 5.72. The van der Waals surface area contributed by atoms with Gasteiger partial charge in [0.15, 0.2) is 23.8 Å². The van der Waals surface area contributed by atoms with Crippen molar-refractivity contribution in [3.63, 3.8) is 0 Å². The molecule has 4 aromatic rings. The third-order valence-electron chi connectivity index (χ3n) is 6.27. The van der Waals surface area contributed by atoms with Crippen molar-refractivity contribution in [2.45, 2.75) is 39.4 Å². The number of rotatable bonds is 10. The summed E-state index contributed by atoms with van der Waals surface area (Å²) >= 11 is 0. The Labute approximate surface area is 247 Å². The summed E-state index contributed by atoms with van der Waals surface area (Å²) in [6.07, 6.45) is -0.384. The summed E-state index contributed by atoms with van der Waals surface area (Å²) in [6.45, 7) is 9.39. The van der Waals surface area contributed by atoms with Gasteiger partial charge in [-0.2, -0.15) is 5.26 Å². The smallest absolute Gasteiger partial charge is 0.420 e. The van der Waals surface area contributed by atoms with Crippen LogP contribution in [0.3, 0.4) is 0 Å². The summed E-state index contributed by atoms with van der Waals surface area (Å²) in [4.78, 5) is 24.8. The van der Waals surface area contributed by atoms with Crippen molar-refractivity contribution in [3.8, 4) is 28.8 Å². The van der Waals surface area contributed by atoms with E-state index >= 15 is 4.39 Å². The summed E-state index contributed by atoms with van der Waals surface area (Å²) in [7, 11) is 1.75. The molecule has 0 bridgehead atoms. The number of hydrogen-bond donors (Lipinski definition) is 1. The lowest BCUT2D eigenvalue weighted by Gasteiger charge is -2.22. The number of carbonyl (C=O) groups is 1. The molecule has 1 atom stereocenters. The minimum absolute atomic E-state index is 0.142. The number of nitrogens with zero attached hydrogens (tertiary/aromatic N) is 5. The highest BCUT2D eigenvalue weighted by atomic mass is 19.1. The monoisotopic (exact) mass is 593 g/mol. The van der Waals surface area contributed by atoms with Crippen molar-refractivity contribution >= 4 is 33.7 Å². The maximum Gasteiger partial charge on any atom is 0.420 e. The van der Waals surface area contributed by atoms with Crippen LogP contribution in [0.15, 0.2) is 43.0 Å². The number of fused-ring (bicyclic) bond motifs is 3. The molecule has 2 aromatic heterocycles. The Balaban J connectivity index is 2.06. The fraction of sp³-hybridized carbons (Fsp3) is 0.355. The number of hydrogen-bond acceptors (Lipinski definition) is 9. The number of benzene rings is 2. The third kappa shape index (κ3) is 6.67. The number of aliphatic hydroxyl groups is 1. The van der Waals surface area contributed by atoms with E-state index in [2.05, 4.69) is 16.5 Å². The zero-order valence-electron chi connectivity index (χ0n) is 24.6. The number of aromatic nitrogens is 3. The molecule has 0 aliphatic rings. The van der Waals surface area contributed by atoms with Crippen molar-refractivity contribution < 1.29 is 32.9 Å². The van der Waals surface area contributed by atoms with Gasteiger partial charge in [0.1, 0.15) is 42.7 Å². The van der Waals surface area contributed by atoms with Crippen LogP contribution in [0, 0.1) is 24.1 Å². The lowest BCUT2D eigenvalue weighted by Crippen LogP contribution is -2.28. The Morgan fingerprint density at radius 2 is 1.98 bits per heavy atom. The molecule has 0 saturated heterocycles. The lowest BCUT2D eigenvalue weighted by molar-refractivity contribution is 0.0550. The summed E-state index contributed by atoms with van der Waals surface area (Å²) < 4.78 is 46.2. The molecule has 1 N–H and O–H groups in total. The van der Waals surface area contributed by atoms with Crippen LogP contribution >= 0.6 is 0 Å². The molecule has 0 aliphatic carbocycles. The number of aryl methyl sites for hydroxylation is 1. The molecular formula is C31H33F2N5O5. The van der Waals surface area contributed by atoms with Crippen LogP contribution < -0.4 is 14.4 Å². The van der Waals surface area contributed by atoms with Crippen LogP contribution in [0.1, 0.15) is 26.6 Å². The quantitative estimate of drug-likeness (QED) is 0.230. The first-order chi connectivity index (χ1) is 20.4. The molecule has 0 aliphatic heterocycles. The zero-order valence-corrected chi connectivity index (χ0v) is 24.6. The van der Waals surface area contributed by atoms with Gasteiger partial charge in [-0.25, -0.2) is 28.1 Å². The van der Waals surface area contributed by atoms with Gasteiger partial charge >= 0.3 is 6.09 Å². The van der Waals surface area contributed by atoms with Crippen molar-refractivity contribution in [3.05, 3.63) is 54.6 Å². The highest BCUT2D eigenvalue weighted by Crippen LogP contribution is 2.41. The van der Waals surface area contributed by atoms with Crippen molar-refractivity contribution in [1.82, 2.24) is 14.5 Å². The molecule has 0 spiro atoms. The van der Waals surface area contributed by atoms with E-state index in [-0.39, 0.29) is 30.4 Å². The molecule has 0 amide bonds. The molecular weight excluding hydrogens is 560 g/mol. The van der Waals surface area contributed by atoms with Gasteiger partial charge in [-0.05, 0) is 58.0 Å². The van der Waals surface area contributed by atoms with Crippen LogP contribution in [0.2, 0.25) is 0 Å². The topological polar surface area (TPSA) is 123 Å². The normalized spacial score (nSPS) is 12.2. The average Bonchev–Trinajstić information content (AvgIpc) is 3.26. The Hall–Kier alpha value is -4.76. The first-order valence-electron chi connectivity index (χ1n) is 13.5.